The van der Waals surface area contributed by atoms with Crippen LogP contribution in [0.1, 0.15) is 51.9 Å². The lowest BCUT2D eigenvalue weighted by Gasteiger charge is -2.30. The Balaban J connectivity index is 2.82. The predicted molar refractivity (Wildman–Crippen MR) is 104 cm³/mol. The van der Waals surface area contributed by atoms with Gasteiger partial charge in [-0.25, -0.2) is 13.2 Å². The van der Waals surface area contributed by atoms with Gasteiger partial charge in [-0.15, -0.1) is 0 Å². The van der Waals surface area contributed by atoms with Crippen molar-refractivity contribution in [3.05, 3.63) is 29.8 Å². The third-order valence-electron chi connectivity index (χ3n) is 4.16. The van der Waals surface area contributed by atoms with E-state index < -0.39 is 16.0 Å². The smallest absolute Gasteiger partial charge is 0.338 e. The molecule has 0 fully saturated rings. The maximum absolute atomic E-state index is 12.5. The van der Waals surface area contributed by atoms with Crippen LogP contribution in [0.25, 0.3) is 0 Å². The van der Waals surface area contributed by atoms with E-state index in [1.54, 1.807) is 18.7 Å². The van der Waals surface area contributed by atoms with Crippen LogP contribution in [0.4, 0.5) is 0 Å². The standard InChI is InChI=1S/C19H30N2O5S/c1-7-20(8-2)27(24,25)17-11-9-16(10-12-17)19(23)26-13-18(22)21(14(3)4)15(5)6/h9-12,14-15H,7-8,13H2,1-6H3. The molecule has 1 rings (SSSR count). The van der Waals surface area contributed by atoms with Crippen molar-refractivity contribution in [2.45, 2.75) is 58.5 Å². The lowest BCUT2D eigenvalue weighted by Crippen LogP contribution is -2.44. The summed E-state index contributed by atoms with van der Waals surface area (Å²) in [5, 5.41) is 0. The number of hydrogen-bond donors (Lipinski definition) is 0. The summed E-state index contributed by atoms with van der Waals surface area (Å²) in [6.07, 6.45) is 0. The third kappa shape index (κ3) is 5.77. The van der Waals surface area contributed by atoms with Gasteiger partial charge in [0, 0.05) is 25.2 Å². The highest BCUT2D eigenvalue weighted by atomic mass is 32.2. The molecular formula is C19H30N2O5S. The van der Waals surface area contributed by atoms with Crippen molar-refractivity contribution < 1.29 is 22.7 Å². The van der Waals surface area contributed by atoms with Crippen LogP contribution >= 0.6 is 0 Å². The van der Waals surface area contributed by atoms with Gasteiger partial charge in [-0.05, 0) is 52.0 Å². The molecule has 0 saturated heterocycles. The minimum Gasteiger partial charge on any atom is -0.452 e. The molecule has 152 valence electrons. The first-order valence-corrected chi connectivity index (χ1v) is 10.6. The van der Waals surface area contributed by atoms with E-state index >= 15 is 0 Å². The number of ether oxygens (including phenoxy) is 1. The topological polar surface area (TPSA) is 84.0 Å². The first-order chi connectivity index (χ1) is 12.6. The quantitative estimate of drug-likeness (QED) is 0.597. The average molecular weight is 399 g/mol. The molecule has 0 bridgehead atoms. The van der Waals surface area contributed by atoms with Gasteiger partial charge < -0.3 is 9.64 Å². The van der Waals surface area contributed by atoms with Crippen LogP contribution in [-0.4, -0.2) is 61.3 Å². The molecule has 7 nitrogen and oxygen atoms in total. The van der Waals surface area contributed by atoms with Crippen LogP contribution < -0.4 is 0 Å². The van der Waals surface area contributed by atoms with Gasteiger partial charge in [0.1, 0.15) is 0 Å². The molecule has 0 unspecified atom stereocenters. The van der Waals surface area contributed by atoms with Gasteiger partial charge in [-0.1, -0.05) is 13.8 Å². The van der Waals surface area contributed by atoms with Gasteiger partial charge in [0.25, 0.3) is 5.91 Å². The van der Waals surface area contributed by atoms with Crippen LogP contribution in [0.5, 0.6) is 0 Å². The van der Waals surface area contributed by atoms with Crippen LogP contribution in [0, 0.1) is 0 Å². The molecule has 1 aromatic carbocycles. The van der Waals surface area contributed by atoms with Gasteiger partial charge in [-0.3, -0.25) is 4.79 Å². The highest BCUT2D eigenvalue weighted by Gasteiger charge is 2.23. The van der Waals surface area contributed by atoms with Crippen molar-refractivity contribution in [3.63, 3.8) is 0 Å². The number of hydrogen-bond acceptors (Lipinski definition) is 5. The maximum atomic E-state index is 12.5. The van der Waals surface area contributed by atoms with Crippen molar-refractivity contribution >= 4 is 21.9 Å². The van der Waals surface area contributed by atoms with Gasteiger partial charge >= 0.3 is 5.97 Å². The minimum atomic E-state index is -3.58. The number of benzene rings is 1. The lowest BCUT2D eigenvalue weighted by molar-refractivity contribution is -0.138. The van der Waals surface area contributed by atoms with Gasteiger partial charge in [-0.2, -0.15) is 4.31 Å². The maximum Gasteiger partial charge on any atom is 0.338 e. The molecule has 0 atom stereocenters. The average Bonchev–Trinajstić information content (AvgIpc) is 2.60. The van der Waals surface area contributed by atoms with Crippen molar-refractivity contribution in [1.29, 1.82) is 0 Å². The predicted octanol–water partition coefficient (Wildman–Crippen LogP) is 2.52. The fourth-order valence-corrected chi connectivity index (χ4v) is 4.39. The van der Waals surface area contributed by atoms with E-state index in [2.05, 4.69) is 0 Å². The van der Waals surface area contributed by atoms with Gasteiger partial charge in [0.15, 0.2) is 6.61 Å². The molecule has 0 aliphatic rings. The van der Waals surface area contributed by atoms with Crippen LogP contribution in [0.15, 0.2) is 29.2 Å². The largest absolute Gasteiger partial charge is 0.452 e. The van der Waals surface area contributed by atoms with E-state index in [4.69, 9.17) is 4.74 Å². The zero-order valence-corrected chi connectivity index (χ0v) is 17.7. The number of rotatable bonds is 9. The van der Waals surface area contributed by atoms with Crippen LogP contribution in [-0.2, 0) is 19.6 Å². The zero-order chi connectivity index (χ0) is 20.8. The molecule has 8 heteroatoms. The van der Waals surface area contributed by atoms with E-state index in [1.807, 2.05) is 27.7 Å². The first-order valence-electron chi connectivity index (χ1n) is 9.14. The summed E-state index contributed by atoms with van der Waals surface area (Å²) in [5.74, 6) is -0.934. The Kier molecular flexibility index (Phi) is 8.43. The number of esters is 1. The molecule has 1 amide bonds. The van der Waals surface area contributed by atoms with E-state index in [0.29, 0.717) is 13.1 Å². The van der Waals surface area contributed by atoms with E-state index in [9.17, 15) is 18.0 Å². The van der Waals surface area contributed by atoms with Gasteiger partial charge in [0.2, 0.25) is 10.0 Å². The number of sulfonamides is 1. The summed E-state index contributed by atoms with van der Waals surface area (Å²) < 4.78 is 31.3. The number of carbonyl (C=O) groups is 2. The normalized spacial score (nSPS) is 11.9. The first kappa shape index (κ1) is 23.1. The zero-order valence-electron chi connectivity index (χ0n) is 16.9. The lowest BCUT2D eigenvalue weighted by atomic mass is 10.2. The molecule has 1 aromatic rings. The SMILES string of the molecule is CCN(CC)S(=O)(=O)c1ccc(C(=O)OCC(=O)N(C(C)C)C(C)C)cc1. The minimum absolute atomic E-state index is 0.000712. The molecule has 0 radical (unpaired) electrons. The van der Waals surface area contributed by atoms with Crippen molar-refractivity contribution in [1.82, 2.24) is 9.21 Å². The summed E-state index contributed by atoms with van der Waals surface area (Å²) in [5.41, 5.74) is 0.196. The molecule has 0 spiro atoms. The Morgan fingerprint density at radius 1 is 0.963 bits per heavy atom. The highest BCUT2D eigenvalue weighted by Crippen LogP contribution is 2.17. The third-order valence-corrected chi connectivity index (χ3v) is 6.22. The van der Waals surface area contributed by atoms with E-state index in [1.165, 1.54) is 28.6 Å². The molecule has 0 heterocycles. The van der Waals surface area contributed by atoms with Crippen molar-refractivity contribution in [2.75, 3.05) is 19.7 Å². The molecule has 0 aliphatic carbocycles. The second-order valence-electron chi connectivity index (χ2n) is 6.68. The summed E-state index contributed by atoms with van der Waals surface area (Å²) in [7, 11) is -3.58. The Bertz CT molecular complexity index is 730. The highest BCUT2D eigenvalue weighted by molar-refractivity contribution is 7.89. The number of amides is 1. The second kappa shape index (κ2) is 9.85. The summed E-state index contributed by atoms with van der Waals surface area (Å²) in [6, 6.07) is 5.54. The Labute approximate surface area is 162 Å². The molecule has 0 saturated carbocycles. The fourth-order valence-electron chi connectivity index (χ4n) is 2.93. The monoisotopic (exact) mass is 398 g/mol. The molecule has 27 heavy (non-hydrogen) atoms. The molecule has 0 aromatic heterocycles. The Hall–Kier alpha value is -1.93. The Morgan fingerprint density at radius 3 is 1.85 bits per heavy atom. The second-order valence-corrected chi connectivity index (χ2v) is 8.62. The van der Waals surface area contributed by atoms with E-state index in [-0.39, 0.29) is 35.1 Å². The van der Waals surface area contributed by atoms with Crippen molar-refractivity contribution in [3.8, 4) is 0 Å². The van der Waals surface area contributed by atoms with Crippen LogP contribution in [0.3, 0.4) is 0 Å². The molecule has 0 N–H and O–H groups in total. The fraction of sp³-hybridized carbons (Fsp3) is 0.579. The summed E-state index contributed by atoms with van der Waals surface area (Å²) >= 11 is 0. The number of carbonyl (C=O) groups excluding carboxylic acids is 2. The van der Waals surface area contributed by atoms with Gasteiger partial charge in [0.05, 0.1) is 10.5 Å². The van der Waals surface area contributed by atoms with Crippen molar-refractivity contribution in [2.24, 2.45) is 0 Å². The Morgan fingerprint density at radius 2 is 1.44 bits per heavy atom. The van der Waals surface area contributed by atoms with E-state index in [0.717, 1.165) is 0 Å². The molecular weight excluding hydrogens is 368 g/mol. The molecule has 0 aliphatic heterocycles. The summed E-state index contributed by atoms with van der Waals surface area (Å²) in [6.45, 7) is 11.5. The summed E-state index contributed by atoms with van der Waals surface area (Å²) in [4.78, 5) is 26.2. The van der Waals surface area contributed by atoms with Crippen LogP contribution in [0.2, 0.25) is 0 Å². The number of nitrogens with zero attached hydrogens (tertiary/aromatic N) is 2.